The lowest BCUT2D eigenvalue weighted by molar-refractivity contribution is 0.0322. The highest BCUT2D eigenvalue weighted by Gasteiger charge is 2.33. The van der Waals surface area contributed by atoms with Gasteiger partial charge in [-0.05, 0) is 43.5 Å². The van der Waals surface area contributed by atoms with Crippen molar-refractivity contribution in [2.24, 2.45) is 5.92 Å². The molecule has 0 aromatic heterocycles. The van der Waals surface area contributed by atoms with E-state index in [1.807, 2.05) is 0 Å². The molecular formula is C21H33N3O2. The van der Waals surface area contributed by atoms with Crippen LogP contribution in [-0.2, 0) is 11.3 Å². The average Bonchev–Trinajstić information content (AvgIpc) is 2.92. The molecule has 0 aliphatic carbocycles. The molecular weight excluding hydrogens is 326 g/mol. The smallest absolute Gasteiger partial charge is 0.119 e. The predicted octanol–water partition coefficient (Wildman–Crippen LogP) is 1.92. The molecule has 4 aliphatic rings. The van der Waals surface area contributed by atoms with E-state index in [0.717, 1.165) is 57.7 Å². The van der Waals surface area contributed by atoms with Gasteiger partial charge in [0.25, 0.3) is 0 Å². The van der Waals surface area contributed by atoms with E-state index in [9.17, 15) is 0 Å². The normalized spacial score (nSPS) is 28.2. The van der Waals surface area contributed by atoms with Crippen molar-refractivity contribution >= 4 is 0 Å². The number of benzene rings is 1. The summed E-state index contributed by atoms with van der Waals surface area (Å²) in [6, 6.07) is 9.43. The third kappa shape index (κ3) is 4.77. The number of morpholine rings is 1. The van der Waals surface area contributed by atoms with Gasteiger partial charge >= 0.3 is 0 Å². The summed E-state index contributed by atoms with van der Waals surface area (Å²) in [5, 5.41) is 0. The Kier molecular flexibility index (Phi) is 6.10. The molecule has 4 saturated heterocycles. The van der Waals surface area contributed by atoms with Crippen LogP contribution in [0.25, 0.3) is 0 Å². The van der Waals surface area contributed by atoms with Crippen molar-refractivity contribution < 1.29 is 9.47 Å². The van der Waals surface area contributed by atoms with E-state index in [0.29, 0.717) is 6.04 Å². The van der Waals surface area contributed by atoms with Crippen LogP contribution < -0.4 is 4.74 Å². The van der Waals surface area contributed by atoms with E-state index in [-0.39, 0.29) is 0 Å². The fourth-order valence-corrected chi connectivity index (χ4v) is 4.69. The van der Waals surface area contributed by atoms with Crippen LogP contribution in [0, 0.1) is 5.92 Å². The van der Waals surface area contributed by atoms with Crippen molar-refractivity contribution in [3.05, 3.63) is 29.8 Å². The van der Waals surface area contributed by atoms with Crippen LogP contribution >= 0.6 is 0 Å². The van der Waals surface area contributed by atoms with Crippen LogP contribution in [-0.4, -0.2) is 86.9 Å². The molecule has 2 bridgehead atoms. The number of piperidine rings is 1. The van der Waals surface area contributed by atoms with Gasteiger partial charge in [0.15, 0.2) is 0 Å². The van der Waals surface area contributed by atoms with Gasteiger partial charge in [-0.3, -0.25) is 9.80 Å². The Morgan fingerprint density at radius 2 is 2.00 bits per heavy atom. The van der Waals surface area contributed by atoms with Gasteiger partial charge in [-0.1, -0.05) is 12.1 Å². The van der Waals surface area contributed by atoms with Crippen molar-refractivity contribution in [2.45, 2.75) is 25.4 Å². The molecule has 0 unspecified atom stereocenters. The van der Waals surface area contributed by atoms with Crippen molar-refractivity contribution in [1.82, 2.24) is 14.7 Å². The number of likely N-dealkylation sites (N-methyl/N-ethyl adjacent to an activating group) is 1. The zero-order chi connectivity index (χ0) is 17.8. The molecule has 0 amide bonds. The number of hydrogen-bond acceptors (Lipinski definition) is 5. The standard InChI is InChI=1S/C21H33N3O2/c1-22-14-19-5-6-20(17-22)24(16-19)15-18-3-2-4-21(13-18)26-12-9-23-7-10-25-11-8-23/h2-4,13,19-20H,5-12,14-17H2,1H3/t19-,20+/m1/s1. The minimum atomic E-state index is 0.713. The van der Waals surface area contributed by atoms with Gasteiger partial charge in [-0.25, -0.2) is 0 Å². The monoisotopic (exact) mass is 359 g/mol. The van der Waals surface area contributed by atoms with E-state index in [1.165, 1.54) is 38.0 Å². The van der Waals surface area contributed by atoms with Crippen LogP contribution in [0.4, 0.5) is 0 Å². The van der Waals surface area contributed by atoms with Crippen LogP contribution in [0.3, 0.4) is 0 Å². The van der Waals surface area contributed by atoms with Crippen molar-refractivity contribution in [3.8, 4) is 5.75 Å². The van der Waals surface area contributed by atoms with Crippen LogP contribution in [0.1, 0.15) is 18.4 Å². The van der Waals surface area contributed by atoms with Crippen LogP contribution in [0.2, 0.25) is 0 Å². The lowest BCUT2D eigenvalue weighted by atomic mass is 9.94. The topological polar surface area (TPSA) is 28.2 Å². The Bertz CT molecular complexity index is 576. The highest BCUT2D eigenvalue weighted by Crippen LogP contribution is 2.29. The SMILES string of the molecule is CN1C[C@H]2CC[C@@H](C1)N(Cc1cccc(OCCN3CCOCC3)c1)C2. The first-order valence-corrected chi connectivity index (χ1v) is 10.2. The van der Waals surface area contributed by atoms with Gasteiger partial charge in [0.2, 0.25) is 0 Å². The maximum absolute atomic E-state index is 6.03. The number of hydrogen-bond donors (Lipinski definition) is 0. The third-order valence-electron chi connectivity index (χ3n) is 6.07. The van der Waals surface area contributed by atoms with E-state index in [2.05, 4.69) is 46.0 Å². The van der Waals surface area contributed by atoms with Gasteiger partial charge in [-0.2, -0.15) is 0 Å². The van der Waals surface area contributed by atoms with E-state index < -0.39 is 0 Å². The molecule has 4 fully saturated rings. The molecule has 5 heteroatoms. The lowest BCUT2D eigenvalue weighted by Gasteiger charge is -2.36. The quantitative estimate of drug-likeness (QED) is 0.774. The molecule has 1 aromatic rings. The molecule has 5 rings (SSSR count). The van der Waals surface area contributed by atoms with Crippen LogP contribution in [0.5, 0.6) is 5.75 Å². The first-order chi connectivity index (χ1) is 12.8. The zero-order valence-electron chi connectivity index (χ0n) is 16.1. The second kappa shape index (κ2) is 8.70. The highest BCUT2D eigenvalue weighted by molar-refractivity contribution is 5.28. The van der Waals surface area contributed by atoms with Gasteiger partial charge in [0, 0.05) is 51.9 Å². The molecule has 0 spiro atoms. The Balaban J connectivity index is 1.30. The van der Waals surface area contributed by atoms with Crippen molar-refractivity contribution in [3.63, 3.8) is 0 Å². The summed E-state index contributed by atoms with van der Waals surface area (Å²) in [5.41, 5.74) is 1.38. The number of ether oxygens (including phenoxy) is 2. The Hall–Kier alpha value is -1.14. The molecule has 1 aromatic carbocycles. The third-order valence-corrected chi connectivity index (χ3v) is 6.07. The predicted molar refractivity (Wildman–Crippen MR) is 104 cm³/mol. The summed E-state index contributed by atoms with van der Waals surface area (Å²) < 4.78 is 11.4. The number of fused-ring (bicyclic) bond motifs is 4. The summed E-state index contributed by atoms with van der Waals surface area (Å²) in [6.07, 6.45) is 2.75. The maximum Gasteiger partial charge on any atom is 0.119 e. The van der Waals surface area contributed by atoms with Gasteiger partial charge in [0.05, 0.1) is 13.2 Å². The zero-order valence-corrected chi connectivity index (χ0v) is 16.1. The Labute approximate surface area is 157 Å². The fraction of sp³-hybridized carbons (Fsp3) is 0.714. The summed E-state index contributed by atoms with van der Waals surface area (Å²) in [5.74, 6) is 1.85. The van der Waals surface area contributed by atoms with Gasteiger partial charge < -0.3 is 14.4 Å². The molecule has 5 nitrogen and oxygen atoms in total. The lowest BCUT2D eigenvalue weighted by Crippen LogP contribution is -2.43. The number of nitrogens with zero attached hydrogens (tertiary/aromatic N) is 3. The van der Waals surface area contributed by atoms with E-state index in [4.69, 9.17) is 9.47 Å². The van der Waals surface area contributed by atoms with Gasteiger partial charge in [-0.15, -0.1) is 0 Å². The second-order valence-corrected chi connectivity index (χ2v) is 8.20. The minimum absolute atomic E-state index is 0.713. The summed E-state index contributed by atoms with van der Waals surface area (Å²) in [4.78, 5) is 7.63. The van der Waals surface area contributed by atoms with Crippen molar-refractivity contribution in [1.29, 1.82) is 0 Å². The fourth-order valence-electron chi connectivity index (χ4n) is 4.69. The highest BCUT2D eigenvalue weighted by atomic mass is 16.5. The second-order valence-electron chi connectivity index (χ2n) is 8.20. The van der Waals surface area contributed by atoms with E-state index >= 15 is 0 Å². The Morgan fingerprint density at radius 1 is 1.12 bits per heavy atom. The molecule has 4 heterocycles. The van der Waals surface area contributed by atoms with E-state index in [1.54, 1.807) is 0 Å². The molecule has 144 valence electrons. The summed E-state index contributed by atoms with van der Waals surface area (Å²) in [6.45, 7) is 10.3. The molecule has 26 heavy (non-hydrogen) atoms. The Morgan fingerprint density at radius 3 is 2.88 bits per heavy atom. The largest absolute Gasteiger partial charge is 0.492 e. The minimum Gasteiger partial charge on any atom is -0.492 e. The molecule has 2 atom stereocenters. The molecule has 0 N–H and O–H groups in total. The summed E-state index contributed by atoms with van der Waals surface area (Å²) in [7, 11) is 2.28. The molecule has 0 radical (unpaired) electrons. The van der Waals surface area contributed by atoms with Crippen molar-refractivity contribution in [2.75, 3.05) is 66.1 Å². The van der Waals surface area contributed by atoms with Crippen LogP contribution in [0.15, 0.2) is 24.3 Å². The first kappa shape index (κ1) is 18.2. The number of rotatable bonds is 6. The summed E-state index contributed by atoms with van der Waals surface area (Å²) >= 11 is 0. The molecule has 0 saturated carbocycles. The maximum atomic E-state index is 6.03. The molecule has 4 aliphatic heterocycles. The first-order valence-electron chi connectivity index (χ1n) is 10.2. The average molecular weight is 360 g/mol. The van der Waals surface area contributed by atoms with Gasteiger partial charge in [0.1, 0.15) is 12.4 Å².